The van der Waals surface area contributed by atoms with Gasteiger partial charge in [0.1, 0.15) is 11.5 Å². The maximum Gasteiger partial charge on any atom is 0.416 e. The number of hydrogen-bond acceptors (Lipinski definition) is 3. The predicted octanol–water partition coefficient (Wildman–Crippen LogP) is 2.68. The zero-order valence-electron chi connectivity index (χ0n) is 10.9. The molecule has 1 aliphatic carbocycles. The first kappa shape index (κ1) is 14.0. The number of benzene rings is 1. The van der Waals surface area contributed by atoms with Crippen molar-refractivity contribution >= 4 is 0 Å². The monoisotopic (exact) mass is 300 g/mol. The molecule has 0 saturated heterocycles. The first-order chi connectivity index (χ1) is 9.93. The van der Waals surface area contributed by atoms with Crippen LogP contribution in [-0.2, 0) is 12.7 Å². The normalized spacial score (nSPS) is 15.4. The molecule has 1 aromatic carbocycles. The van der Waals surface area contributed by atoms with Crippen LogP contribution in [0.25, 0.3) is 5.69 Å². The highest BCUT2D eigenvalue weighted by atomic mass is 19.4. The van der Waals surface area contributed by atoms with Crippen molar-refractivity contribution in [3.63, 3.8) is 0 Å². The largest absolute Gasteiger partial charge is 0.416 e. The lowest BCUT2D eigenvalue weighted by Gasteiger charge is -2.09. The molecule has 2 aromatic rings. The Morgan fingerprint density at radius 3 is 2.71 bits per heavy atom. The standard InChI is InChI=1S/C13H12F4N4/c14-11-4-1-8(13(15,16)17)5-12(11)21-7-10(19-20-21)6-18-9-2-3-9/h1,4-5,7,9,18H,2-3,6H2. The molecule has 0 bridgehead atoms. The third-order valence-electron chi connectivity index (χ3n) is 3.21. The van der Waals surface area contributed by atoms with E-state index in [0.29, 0.717) is 24.3 Å². The second-order valence-electron chi connectivity index (χ2n) is 4.97. The molecule has 8 heteroatoms. The van der Waals surface area contributed by atoms with Crippen molar-refractivity contribution in [2.24, 2.45) is 0 Å². The Hall–Kier alpha value is -1.96. The van der Waals surface area contributed by atoms with Crippen LogP contribution in [0.15, 0.2) is 24.4 Å². The SMILES string of the molecule is Fc1ccc(C(F)(F)F)cc1-n1cc(CNC2CC2)nn1. The van der Waals surface area contributed by atoms with Gasteiger partial charge in [-0.05, 0) is 31.0 Å². The fourth-order valence-electron chi connectivity index (χ4n) is 1.90. The molecule has 0 amide bonds. The van der Waals surface area contributed by atoms with Gasteiger partial charge < -0.3 is 5.32 Å². The van der Waals surface area contributed by atoms with Crippen LogP contribution < -0.4 is 5.32 Å². The maximum atomic E-state index is 13.7. The van der Waals surface area contributed by atoms with Gasteiger partial charge in [-0.1, -0.05) is 5.21 Å². The van der Waals surface area contributed by atoms with Crippen LogP contribution in [0.3, 0.4) is 0 Å². The van der Waals surface area contributed by atoms with Crippen LogP contribution in [0.1, 0.15) is 24.1 Å². The number of hydrogen-bond donors (Lipinski definition) is 1. The molecule has 1 aromatic heterocycles. The molecule has 3 rings (SSSR count). The first-order valence-electron chi connectivity index (χ1n) is 6.45. The van der Waals surface area contributed by atoms with Gasteiger partial charge >= 0.3 is 6.18 Å². The maximum absolute atomic E-state index is 13.7. The molecule has 0 atom stereocenters. The van der Waals surface area contributed by atoms with Crippen LogP contribution in [0.2, 0.25) is 0 Å². The van der Waals surface area contributed by atoms with E-state index >= 15 is 0 Å². The van der Waals surface area contributed by atoms with E-state index in [9.17, 15) is 17.6 Å². The van der Waals surface area contributed by atoms with Crippen LogP contribution in [-0.4, -0.2) is 21.0 Å². The Balaban J connectivity index is 1.84. The van der Waals surface area contributed by atoms with Crippen molar-refractivity contribution in [2.45, 2.75) is 31.6 Å². The third-order valence-corrected chi connectivity index (χ3v) is 3.21. The summed E-state index contributed by atoms with van der Waals surface area (Å²) >= 11 is 0. The molecule has 21 heavy (non-hydrogen) atoms. The fraction of sp³-hybridized carbons (Fsp3) is 0.385. The van der Waals surface area contributed by atoms with Crippen LogP contribution in [0, 0.1) is 5.82 Å². The summed E-state index contributed by atoms with van der Waals surface area (Å²) in [7, 11) is 0. The first-order valence-corrected chi connectivity index (χ1v) is 6.45. The van der Waals surface area contributed by atoms with E-state index in [0.717, 1.165) is 29.7 Å². The van der Waals surface area contributed by atoms with Gasteiger partial charge in [-0.15, -0.1) is 5.10 Å². The molecular weight excluding hydrogens is 288 g/mol. The van der Waals surface area contributed by atoms with Crippen LogP contribution in [0.4, 0.5) is 17.6 Å². The average molecular weight is 300 g/mol. The zero-order chi connectivity index (χ0) is 15.0. The smallest absolute Gasteiger partial charge is 0.308 e. The van der Waals surface area contributed by atoms with E-state index in [1.54, 1.807) is 0 Å². The molecule has 1 fully saturated rings. The molecule has 0 aliphatic heterocycles. The Bertz CT molecular complexity index is 646. The molecule has 1 aliphatic rings. The predicted molar refractivity (Wildman–Crippen MR) is 66.2 cm³/mol. The summed E-state index contributed by atoms with van der Waals surface area (Å²) in [4.78, 5) is 0. The van der Waals surface area contributed by atoms with Crippen molar-refractivity contribution < 1.29 is 17.6 Å². The number of nitrogens with one attached hydrogen (secondary N) is 1. The van der Waals surface area contributed by atoms with Gasteiger partial charge in [0, 0.05) is 12.6 Å². The summed E-state index contributed by atoms with van der Waals surface area (Å²) in [6, 6.07) is 2.68. The highest BCUT2D eigenvalue weighted by Gasteiger charge is 2.31. The highest BCUT2D eigenvalue weighted by Crippen LogP contribution is 2.31. The molecule has 1 saturated carbocycles. The summed E-state index contributed by atoms with van der Waals surface area (Å²) in [6.45, 7) is 0.464. The Kier molecular flexibility index (Phi) is 3.40. The number of rotatable bonds is 4. The molecule has 112 valence electrons. The van der Waals surface area contributed by atoms with E-state index in [1.807, 2.05) is 0 Å². The minimum Gasteiger partial charge on any atom is -0.308 e. The number of alkyl halides is 3. The number of aromatic nitrogens is 3. The van der Waals surface area contributed by atoms with Crippen molar-refractivity contribution in [3.8, 4) is 5.69 Å². The van der Waals surface area contributed by atoms with Gasteiger partial charge in [-0.2, -0.15) is 13.2 Å². The molecule has 4 nitrogen and oxygen atoms in total. The second-order valence-corrected chi connectivity index (χ2v) is 4.97. The number of halogens is 4. The van der Waals surface area contributed by atoms with Crippen molar-refractivity contribution in [1.82, 2.24) is 20.3 Å². The quantitative estimate of drug-likeness (QED) is 0.883. The summed E-state index contributed by atoms with van der Waals surface area (Å²) in [5.74, 6) is -0.783. The van der Waals surface area contributed by atoms with E-state index in [2.05, 4.69) is 15.6 Å². The lowest BCUT2D eigenvalue weighted by atomic mass is 10.2. The Morgan fingerprint density at radius 2 is 2.05 bits per heavy atom. The Labute approximate surface area is 117 Å². The lowest BCUT2D eigenvalue weighted by Crippen LogP contribution is -2.15. The van der Waals surface area contributed by atoms with Crippen molar-refractivity contribution in [2.75, 3.05) is 0 Å². The Morgan fingerprint density at radius 1 is 1.29 bits per heavy atom. The lowest BCUT2D eigenvalue weighted by molar-refractivity contribution is -0.137. The molecule has 0 spiro atoms. The molecular formula is C13H12F4N4. The summed E-state index contributed by atoms with van der Waals surface area (Å²) in [5, 5.41) is 10.7. The molecule has 1 heterocycles. The molecule has 1 N–H and O–H groups in total. The van der Waals surface area contributed by atoms with Gasteiger partial charge in [0.2, 0.25) is 0 Å². The van der Waals surface area contributed by atoms with Crippen LogP contribution in [0.5, 0.6) is 0 Å². The van der Waals surface area contributed by atoms with E-state index in [4.69, 9.17) is 0 Å². The average Bonchev–Trinajstić information content (AvgIpc) is 3.13. The van der Waals surface area contributed by atoms with Gasteiger partial charge in [-0.3, -0.25) is 0 Å². The third kappa shape index (κ3) is 3.21. The topological polar surface area (TPSA) is 42.7 Å². The summed E-state index contributed by atoms with van der Waals surface area (Å²) in [5.41, 5.74) is -0.638. The second kappa shape index (κ2) is 5.10. The summed E-state index contributed by atoms with van der Waals surface area (Å²) in [6.07, 6.45) is -0.889. The minimum atomic E-state index is -4.53. The van der Waals surface area contributed by atoms with Gasteiger partial charge in [0.15, 0.2) is 0 Å². The van der Waals surface area contributed by atoms with Gasteiger partial charge in [-0.25, -0.2) is 9.07 Å². The number of nitrogens with zero attached hydrogens (tertiary/aromatic N) is 3. The fourth-order valence-corrected chi connectivity index (χ4v) is 1.90. The van der Waals surface area contributed by atoms with Gasteiger partial charge in [0.05, 0.1) is 17.5 Å². The minimum absolute atomic E-state index is 0.269. The summed E-state index contributed by atoms with van der Waals surface area (Å²) < 4.78 is 52.7. The van der Waals surface area contributed by atoms with E-state index in [1.165, 1.54) is 6.20 Å². The molecule has 0 radical (unpaired) electrons. The molecule has 0 unspecified atom stereocenters. The van der Waals surface area contributed by atoms with Crippen molar-refractivity contribution in [1.29, 1.82) is 0 Å². The van der Waals surface area contributed by atoms with E-state index in [-0.39, 0.29) is 5.69 Å². The highest BCUT2D eigenvalue weighted by molar-refractivity contribution is 5.38. The van der Waals surface area contributed by atoms with Crippen molar-refractivity contribution in [3.05, 3.63) is 41.5 Å². The van der Waals surface area contributed by atoms with Gasteiger partial charge in [0.25, 0.3) is 0 Å². The van der Waals surface area contributed by atoms with Crippen LogP contribution >= 0.6 is 0 Å². The van der Waals surface area contributed by atoms with E-state index < -0.39 is 17.6 Å². The zero-order valence-corrected chi connectivity index (χ0v) is 10.9.